The van der Waals surface area contributed by atoms with E-state index in [0.717, 1.165) is 0 Å². The van der Waals surface area contributed by atoms with Gasteiger partial charge in [-0.2, -0.15) is 0 Å². The van der Waals surface area contributed by atoms with Crippen LogP contribution in [-0.2, 0) is 10.4 Å². The minimum absolute atomic E-state index is 0.240. The highest BCUT2D eigenvalue weighted by Crippen LogP contribution is 2.43. The van der Waals surface area contributed by atoms with Gasteiger partial charge in [-0.3, -0.25) is 0 Å². The molecule has 3 nitrogen and oxygen atoms in total. The fourth-order valence-electron chi connectivity index (χ4n) is 3.76. The quantitative estimate of drug-likeness (QED) is 0.680. The van der Waals surface area contributed by atoms with E-state index in [1.165, 1.54) is 4.90 Å². The first kappa shape index (κ1) is 20.3. The summed E-state index contributed by atoms with van der Waals surface area (Å²) < 4.78 is 37.9. The molecule has 28 heavy (non-hydrogen) atoms. The Bertz CT molecular complexity index is 750. The van der Waals surface area contributed by atoms with Crippen molar-refractivity contribution in [1.82, 2.24) is 4.90 Å². The lowest BCUT2D eigenvalue weighted by atomic mass is 9.80. The summed E-state index contributed by atoms with van der Waals surface area (Å²) in [4.78, 5) is 13.9. The van der Waals surface area contributed by atoms with Crippen molar-refractivity contribution in [2.24, 2.45) is 0 Å². The number of likely N-dealkylation sites (tertiary alicyclic amines) is 1. The van der Waals surface area contributed by atoms with Crippen molar-refractivity contribution in [3.8, 4) is 0 Å². The number of hydrogen-bond acceptors (Lipinski definition) is 2. The molecule has 0 saturated carbocycles. The highest BCUT2D eigenvalue weighted by molar-refractivity contribution is 5.69. The monoisotopic (exact) mass is 387 g/mol. The van der Waals surface area contributed by atoms with Crippen LogP contribution in [-0.4, -0.2) is 35.4 Å². The molecular formula is C23H27F2NO2. The lowest BCUT2D eigenvalue weighted by Crippen LogP contribution is -2.50. The molecule has 0 spiro atoms. The molecule has 0 unspecified atom stereocenters. The van der Waals surface area contributed by atoms with Gasteiger partial charge in [0.15, 0.2) is 11.8 Å². The number of nitrogens with zero attached hydrogens (tertiary/aromatic N) is 1. The first-order chi connectivity index (χ1) is 13.2. The van der Waals surface area contributed by atoms with Crippen LogP contribution in [0.1, 0.15) is 44.7 Å². The molecule has 3 rings (SSSR count). The molecule has 0 aromatic heterocycles. The number of alkyl halides is 2. The molecule has 0 radical (unpaired) electrons. The van der Waals surface area contributed by atoms with Crippen LogP contribution < -0.4 is 0 Å². The Hall–Kier alpha value is -2.43. The van der Waals surface area contributed by atoms with Crippen LogP contribution in [0.2, 0.25) is 0 Å². The largest absolute Gasteiger partial charge is 0.444 e. The maximum atomic E-state index is 16.5. The molecule has 5 heteroatoms. The molecule has 1 amide bonds. The summed E-state index contributed by atoms with van der Waals surface area (Å²) in [5, 5.41) is 0. The molecule has 1 aliphatic heterocycles. The van der Waals surface area contributed by atoms with Gasteiger partial charge in [-0.25, -0.2) is 13.6 Å². The summed E-state index contributed by atoms with van der Waals surface area (Å²) in [5.41, 5.74) is -2.58. The van der Waals surface area contributed by atoms with Gasteiger partial charge in [0.05, 0.1) is 6.04 Å². The van der Waals surface area contributed by atoms with E-state index in [9.17, 15) is 4.79 Å². The molecule has 150 valence electrons. The number of benzene rings is 2. The van der Waals surface area contributed by atoms with Gasteiger partial charge in [0.25, 0.3) is 0 Å². The van der Waals surface area contributed by atoms with Crippen LogP contribution >= 0.6 is 0 Å². The maximum absolute atomic E-state index is 16.5. The van der Waals surface area contributed by atoms with Crippen LogP contribution in [0.3, 0.4) is 0 Å². The van der Waals surface area contributed by atoms with E-state index in [-0.39, 0.29) is 11.1 Å². The third-order valence-corrected chi connectivity index (χ3v) is 5.03. The van der Waals surface area contributed by atoms with E-state index in [4.69, 9.17) is 4.74 Å². The number of carbonyl (C=O) groups excluding carboxylic acids is 1. The zero-order chi connectivity index (χ0) is 20.4. The standard InChI is InChI=1S/C23H27F2NO2/c1-22(2,3)28-21(27)26-16-10-15-19(26)20(24)23(25,17-11-6-4-7-12-17)18-13-8-5-9-14-18/h4-9,11-14,19-20H,10,15-16H2,1-3H3/t19-,20-/m0/s1. The van der Waals surface area contributed by atoms with Gasteiger partial charge in [-0.1, -0.05) is 60.7 Å². The fourth-order valence-corrected chi connectivity index (χ4v) is 3.76. The van der Waals surface area contributed by atoms with Crippen molar-refractivity contribution < 1.29 is 18.3 Å². The van der Waals surface area contributed by atoms with Gasteiger partial charge in [0, 0.05) is 6.54 Å². The molecule has 2 aromatic rings. The number of carbonyl (C=O) groups is 1. The van der Waals surface area contributed by atoms with Crippen molar-refractivity contribution in [1.29, 1.82) is 0 Å². The lowest BCUT2D eigenvalue weighted by Gasteiger charge is -2.37. The van der Waals surface area contributed by atoms with Gasteiger partial charge in [0.2, 0.25) is 0 Å². The summed E-state index contributed by atoms with van der Waals surface area (Å²) in [6.45, 7) is 5.64. The van der Waals surface area contributed by atoms with Crippen LogP contribution in [0.5, 0.6) is 0 Å². The second-order valence-corrected chi connectivity index (χ2v) is 8.23. The van der Waals surface area contributed by atoms with Crippen molar-refractivity contribution in [3.63, 3.8) is 0 Å². The van der Waals surface area contributed by atoms with E-state index in [2.05, 4.69) is 0 Å². The van der Waals surface area contributed by atoms with Crippen LogP contribution in [0.25, 0.3) is 0 Å². The highest BCUT2D eigenvalue weighted by atomic mass is 19.2. The molecule has 0 N–H and O–H groups in total. The molecule has 1 fully saturated rings. The molecule has 1 heterocycles. The van der Waals surface area contributed by atoms with E-state index in [0.29, 0.717) is 19.4 Å². The molecule has 1 aliphatic rings. The SMILES string of the molecule is CC(C)(C)OC(=O)N1CCC[C@H]1[C@H](F)C(F)(c1ccccc1)c1ccccc1. The maximum Gasteiger partial charge on any atom is 0.410 e. The third kappa shape index (κ3) is 4.03. The van der Waals surface area contributed by atoms with E-state index >= 15 is 8.78 Å². The minimum Gasteiger partial charge on any atom is -0.444 e. The average molecular weight is 387 g/mol. The lowest BCUT2D eigenvalue weighted by molar-refractivity contribution is -0.00698. The topological polar surface area (TPSA) is 29.5 Å². The zero-order valence-electron chi connectivity index (χ0n) is 16.6. The summed E-state index contributed by atoms with van der Waals surface area (Å²) in [7, 11) is 0. The predicted octanol–water partition coefficient (Wildman–Crippen LogP) is 5.64. The summed E-state index contributed by atoms with van der Waals surface area (Å²) in [6, 6.07) is 15.8. The number of ether oxygens (including phenoxy) is 1. The Morgan fingerprint density at radius 2 is 1.54 bits per heavy atom. The molecule has 2 atom stereocenters. The van der Waals surface area contributed by atoms with Crippen LogP contribution in [0, 0.1) is 0 Å². The fraction of sp³-hybridized carbons (Fsp3) is 0.435. The summed E-state index contributed by atoms with van der Waals surface area (Å²) in [5.74, 6) is 0. The zero-order valence-corrected chi connectivity index (χ0v) is 16.6. The smallest absolute Gasteiger partial charge is 0.410 e. The minimum atomic E-state index is -2.36. The molecule has 1 saturated heterocycles. The summed E-state index contributed by atoms with van der Waals surface area (Å²) in [6.07, 6.45) is -1.51. The van der Waals surface area contributed by atoms with Crippen LogP contribution in [0.15, 0.2) is 60.7 Å². The number of hydrogen-bond donors (Lipinski definition) is 0. The van der Waals surface area contributed by atoms with Gasteiger partial charge >= 0.3 is 6.09 Å². The number of rotatable bonds is 4. The predicted molar refractivity (Wildman–Crippen MR) is 106 cm³/mol. The van der Waals surface area contributed by atoms with Crippen LogP contribution in [0.4, 0.5) is 13.6 Å². The second-order valence-electron chi connectivity index (χ2n) is 8.23. The Labute approximate surface area is 165 Å². The summed E-state index contributed by atoms with van der Waals surface area (Å²) >= 11 is 0. The first-order valence-electron chi connectivity index (χ1n) is 9.67. The van der Waals surface area contributed by atoms with E-state index in [1.54, 1.807) is 81.4 Å². The van der Waals surface area contributed by atoms with Crippen molar-refractivity contribution in [2.75, 3.05) is 6.54 Å². The highest BCUT2D eigenvalue weighted by Gasteiger charge is 2.51. The number of halogens is 2. The second kappa shape index (κ2) is 7.90. The molecule has 2 aromatic carbocycles. The molecule has 0 aliphatic carbocycles. The van der Waals surface area contributed by atoms with E-state index in [1.807, 2.05) is 0 Å². The molecule has 0 bridgehead atoms. The Morgan fingerprint density at radius 1 is 1.04 bits per heavy atom. The van der Waals surface area contributed by atoms with E-state index < -0.39 is 29.6 Å². The van der Waals surface area contributed by atoms with Gasteiger partial charge in [-0.15, -0.1) is 0 Å². The Kier molecular flexibility index (Phi) is 5.73. The van der Waals surface area contributed by atoms with Gasteiger partial charge < -0.3 is 9.64 Å². The number of amides is 1. The van der Waals surface area contributed by atoms with Gasteiger partial charge in [-0.05, 0) is 44.7 Å². The average Bonchev–Trinajstić information content (AvgIpc) is 3.17. The normalized spacial score (nSPS) is 18.8. The Balaban J connectivity index is 1.98. The third-order valence-electron chi connectivity index (χ3n) is 5.03. The van der Waals surface area contributed by atoms with Crippen molar-refractivity contribution in [3.05, 3.63) is 71.8 Å². The van der Waals surface area contributed by atoms with Crippen molar-refractivity contribution in [2.45, 2.75) is 57.1 Å². The van der Waals surface area contributed by atoms with Crippen molar-refractivity contribution >= 4 is 6.09 Å². The Morgan fingerprint density at radius 3 is 2.00 bits per heavy atom. The molecular weight excluding hydrogens is 360 g/mol. The first-order valence-corrected chi connectivity index (χ1v) is 9.67. The van der Waals surface area contributed by atoms with Gasteiger partial charge in [0.1, 0.15) is 5.60 Å².